The smallest absolute Gasteiger partial charge is 0.132 e. The number of pyridine rings is 1. The SMILES string of the molecule is C1=CCC=C(Nc2cc3[nH]c(-c4cn[nH]c4)cc3cn2)C=C1. The van der Waals surface area contributed by atoms with Crippen LogP contribution in [0.15, 0.2) is 66.8 Å². The molecule has 0 aliphatic heterocycles. The van der Waals surface area contributed by atoms with E-state index in [1.165, 1.54) is 0 Å². The number of aromatic nitrogens is 4. The van der Waals surface area contributed by atoms with Crippen molar-refractivity contribution in [3.63, 3.8) is 0 Å². The van der Waals surface area contributed by atoms with Gasteiger partial charge in [-0.15, -0.1) is 0 Å². The summed E-state index contributed by atoms with van der Waals surface area (Å²) >= 11 is 0. The summed E-state index contributed by atoms with van der Waals surface area (Å²) in [4.78, 5) is 7.87. The zero-order valence-electron chi connectivity index (χ0n) is 11.9. The molecule has 5 heteroatoms. The van der Waals surface area contributed by atoms with Crippen molar-refractivity contribution in [2.24, 2.45) is 0 Å². The molecule has 1 aliphatic rings. The van der Waals surface area contributed by atoms with Crippen LogP contribution in [0, 0.1) is 0 Å². The second kappa shape index (κ2) is 5.37. The quantitative estimate of drug-likeness (QED) is 0.687. The first-order chi connectivity index (χ1) is 10.9. The number of rotatable bonds is 3. The maximum atomic E-state index is 4.48. The van der Waals surface area contributed by atoms with Crippen molar-refractivity contribution in [3.05, 3.63) is 66.8 Å². The summed E-state index contributed by atoms with van der Waals surface area (Å²) in [5.41, 5.74) is 4.16. The molecule has 3 aromatic heterocycles. The standard InChI is InChI=1S/C17H15N5/c1-2-4-6-14(5-3-1)21-17-8-16-12(9-18-17)7-15(22-16)13-10-19-20-11-13/h1-3,5-11,22H,4H2,(H,18,21)(H,19,20). The van der Waals surface area contributed by atoms with Crippen LogP contribution in [-0.4, -0.2) is 20.2 Å². The Labute approximate surface area is 127 Å². The van der Waals surface area contributed by atoms with Gasteiger partial charge in [0.15, 0.2) is 0 Å². The van der Waals surface area contributed by atoms with E-state index in [1.54, 1.807) is 6.20 Å². The van der Waals surface area contributed by atoms with Gasteiger partial charge >= 0.3 is 0 Å². The van der Waals surface area contributed by atoms with E-state index in [-0.39, 0.29) is 0 Å². The van der Waals surface area contributed by atoms with Crippen LogP contribution in [0.1, 0.15) is 6.42 Å². The Hall–Kier alpha value is -3.08. The lowest BCUT2D eigenvalue weighted by Crippen LogP contribution is -1.98. The number of hydrogen-bond donors (Lipinski definition) is 3. The Morgan fingerprint density at radius 3 is 3.05 bits per heavy atom. The van der Waals surface area contributed by atoms with Crippen molar-refractivity contribution >= 4 is 16.7 Å². The number of H-pyrrole nitrogens is 2. The normalized spacial score (nSPS) is 14.1. The van der Waals surface area contributed by atoms with Gasteiger partial charge in [-0.05, 0) is 18.6 Å². The predicted octanol–water partition coefficient (Wildman–Crippen LogP) is 3.76. The molecule has 5 nitrogen and oxygen atoms in total. The molecule has 0 bridgehead atoms. The number of anilines is 1. The molecule has 0 spiro atoms. The zero-order chi connectivity index (χ0) is 14.8. The summed E-state index contributed by atoms with van der Waals surface area (Å²) in [7, 11) is 0. The number of nitrogens with zero attached hydrogens (tertiary/aromatic N) is 2. The number of nitrogens with one attached hydrogen (secondary N) is 3. The van der Waals surface area contributed by atoms with Crippen LogP contribution in [0.25, 0.3) is 22.2 Å². The van der Waals surface area contributed by atoms with Crippen LogP contribution in [0.5, 0.6) is 0 Å². The molecule has 0 fully saturated rings. The van der Waals surface area contributed by atoms with Crippen molar-refractivity contribution in [2.45, 2.75) is 6.42 Å². The average Bonchev–Trinajstić information content (AvgIpc) is 3.12. The van der Waals surface area contributed by atoms with Crippen molar-refractivity contribution in [1.82, 2.24) is 20.2 Å². The van der Waals surface area contributed by atoms with Gasteiger partial charge in [-0.25, -0.2) is 4.98 Å². The number of hydrogen-bond acceptors (Lipinski definition) is 3. The van der Waals surface area contributed by atoms with Gasteiger partial charge in [0.2, 0.25) is 0 Å². The largest absolute Gasteiger partial charge is 0.354 e. The van der Waals surface area contributed by atoms with Crippen LogP contribution in [0.4, 0.5) is 5.82 Å². The maximum absolute atomic E-state index is 4.48. The van der Waals surface area contributed by atoms with Crippen molar-refractivity contribution in [3.8, 4) is 11.3 Å². The number of allylic oxidation sites excluding steroid dienone is 5. The number of fused-ring (bicyclic) bond motifs is 1. The fourth-order valence-corrected chi connectivity index (χ4v) is 2.47. The van der Waals surface area contributed by atoms with E-state index in [1.807, 2.05) is 36.7 Å². The molecular weight excluding hydrogens is 274 g/mol. The molecule has 0 saturated heterocycles. The van der Waals surface area contributed by atoms with Crippen LogP contribution in [0.2, 0.25) is 0 Å². The highest BCUT2D eigenvalue weighted by atomic mass is 15.1. The number of aromatic amines is 2. The Morgan fingerprint density at radius 2 is 2.14 bits per heavy atom. The Bertz CT molecular complexity index is 881. The third kappa shape index (κ3) is 2.44. The minimum absolute atomic E-state index is 0.825. The van der Waals surface area contributed by atoms with Crippen LogP contribution >= 0.6 is 0 Å². The summed E-state index contributed by atoms with van der Waals surface area (Å²) in [6, 6.07) is 4.09. The van der Waals surface area contributed by atoms with E-state index in [4.69, 9.17) is 0 Å². The molecule has 0 radical (unpaired) electrons. The maximum Gasteiger partial charge on any atom is 0.132 e. The van der Waals surface area contributed by atoms with Gasteiger partial charge in [0.05, 0.1) is 11.7 Å². The van der Waals surface area contributed by atoms with Gasteiger partial charge in [0.25, 0.3) is 0 Å². The first kappa shape index (κ1) is 12.6. The zero-order valence-corrected chi connectivity index (χ0v) is 11.9. The van der Waals surface area contributed by atoms with Gasteiger partial charge in [0, 0.05) is 40.8 Å². The summed E-state index contributed by atoms with van der Waals surface area (Å²) < 4.78 is 0. The molecule has 3 heterocycles. The Balaban J connectivity index is 1.64. The second-order valence-electron chi connectivity index (χ2n) is 5.13. The highest BCUT2D eigenvalue weighted by Gasteiger charge is 2.06. The van der Waals surface area contributed by atoms with Crippen molar-refractivity contribution in [2.75, 3.05) is 5.32 Å². The molecule has 4 rings (SSSR count). The second-order valence-corrected chi connectivity index (χ2v) is 5.13. The monoisotopic (exact) mass is 289 g/mol. The molecule has 0 aromatic carbocycles. The van der Waals surface area contributed by atoms with Crippen molar-refractivity contribution in [1.29, 1.82) is 0 Å². The molecule has 22 heavy (non-hydrogen) atoms. The lowest BCUT2D eigenvalue weighted by molar-refractivity contribution is 1.09. The first-order valence-corrected chi connectivity index (χ1v) is 7.17. The molecular formula is C17H15N5. The summed E-state index contributed by atoms with van der Waals surface area (Å²) in [6.07, 6.45) is 16.8. The van der Waals surface area contributed by atoms with E-state index >= 15 is 0 Å². The van der Waals surface area contributed by atoms with E-state index in [0.717, 1.165) is 40.1 Å². The third-order valence-electron chi connectivity index (χ3n) is 3.58. The fraction of sp³-hybridized carbons (Fsp3) is 0.0588. The van der Waals surface area contributed by atoms with Crippen LogP contribution < -0.4 is 5.32 Å². The van der Waals surface area contributed by atoms with Crippen LogP contribution in [0.3, 0.4) is 0 Å². The van der Waals surface area contributed by atoms with Crippen molar-refractivity contribution < 1.29 is 0 Å². The highest BCUT2D eigenvalue weighted by Crippen LogP contribution is 2.24. The Morgan fingerprint density at radius 1 is 1.14 bits per heavy atom. The average molecular weight is 289 g/mol. The first-order valence-electron chi connectivity index (χ1n) is 7.17. The third-order valence-corrected chi connectivity index (χ3v) is 3.58. The van der Waals surface area contributed by atoms with E-state index < -0.39 is 0 Å². The molecule has 3 aromatic rings. The molecule has 0 atom stereocenters. The van der Waals surface area contributed by atoms with E-state index in [9.17, 15) is 0 Å². The molecule has 0 amide bonds. The highest BCUT2D eigenvalue weighted by molar-refractivity contribution is 5.86. The van der Waals surface area contributed by atoms with Gasteiger partial charge in [-0.1, -0.05) is 24.3 Å². The lowest BCUT2D eigenvalue weighted by Gasteiger charge is -2.05. The van der Waals surface area contributed by atoms with E-state index in [2.05, 4.69) is 43.7 Å². The molecule has 3 N–H and O–H groups in total. The van der Waals surface area contributed by atoms with Gasteiger partial charge in [-0.3, -0.25) is 5.10 Å². The van der Waals surface area contributed by atoms with Gasteiger partial charge in [0.1, 0.15) is 5.82 Å². The molecule has 108 valence electrons. The fourth-order valence-electron chi connectivity index (χ4n) is 2.47. The van der Waals surface area contributed by atoms with Gasteiger partial charge < -0.3 is 10.3 Å². The summed E-state index contributed by atoms with van der Waals surface area (Å²) in [5, 5.41) is 11.2. The lowest BCUT2D eigenvalue weighted by atomic mass is 10.2. The molecule has 0 saturated carbocycles. The van der Waals surface area contributed by atoms with Gasteiger partial charge in [-0.2, -0.15) is 5.10 Å². The van der Waals surface area contributed by atoms with E-state index in [0.29, 0.717) is 0 Å². The van der Waals surface area contributed by atoms with Crippen LogP contribution in [-0.2, 0) is 0 Å². The summed E-state index contributed by atoms with van der Waals surface area (Å²) in [5.74, 6) is 0.825. The molecule has 0 unspecified atom stereocenters. The topological polar surface area (TPSA) is 69.4 Å². The minimum Gasteiger partial charge on any atom is -0.354 e. The summed E-state index contributed by atoms with van der Waals surface area (Å²) in [6.45, 7) is 0. The predicted molar refractivity (Wildman–Crippen MR) is 88.3 cm³/mol. The Kier molecular flexibility index (Phi) is 3.08. The minimum atomic E-state index is 0.825. The molecule has 1 aliphatic carbocycles.